The molecule has 0 saturated carbocycles. The van der Waals surface area contributed by atoms with Crippen molar-refractivity contribution in [3.8, 4) is 0 Å². The van der Waals surface area contributed by atoms with Crippen molar-refractivity contribution >= 4 is 69.1 Å². The molecule has 0 fully saturated rings. The highest BCUT2D eigenvalue weighted by Gasteiger charge is 2.37. The molecule has 4 unspecified atom stereocenters. The van der Waals surface area contributed by atoms with Crippen LogP contribution < -0.4 is 19.6 Å². The summed E-state index contributed by atoms with van der Waals surface area (Å²) in [4.78, 5) is 19.0. The third-order valence-electron chi connectivity index (χ3n) is 11.6. The summed E-state index contributed by atoms with van der Waals surface area (Å²) < 4.78 is 0. The summed E-state index contributed by atoms with van der Waals surface area (Å²) in [5.74, 6) is 0. The molecule has 0 N–H and O–H groups in total. The van der Waals surface area contributed by atoms with E-state index in [0.717, 1.165) is 22.7 Å². The van der Waals surface area contributed by atoms with Gasteiger partial charge in [-0.25, -0.2) is 0 Å². The van der Waals surface area contributed by atoms with Crippen LogP contribution in [0.4, 0.5) is 22.7 Å². The van der Waals surface area contributed by atoms with Crippen molar-refractivity contribution in [3.63, 3.8) is 0 Å². The lowest BCUT2D eigenvalue weighted by atomic mass is 9.97. The van der Waals surface area contributed by atoms with E-state index in [9.17, 15) is 0 Å². The van der Waals surface area contributed by atoms with E-state index in [4.69, 9.17) is 9.98 Å². The summed E-state index contributed by atoms with van der Waals surface area (Å²) in [7, 11) is 4.25. The molecule has 272 valence electrons. The standard InChI is InChI=1S/C50H42N6/c1-53(41-11-5-3-6-12-41)45-15-9-17-47-49(45)51-33-55(47)43-27-25-37-29-35(21-23-39(37)31-43)19-20-36-22-24-40-32-44(28-26-38(40)30-36)56-34-52-50-46(16-10-18-48(50)56)54(2)42-13-7-4-8-14-42/h3-34,47-50H,1-2H3/b20-19+. The normalized spacial score (nSPS) is 20.8. The van der Waals surface area contributed by atoms with Gasteiger partial charge in [0.15, 0.2) is 0 Å². The van der Waals surface area contributed by atoms with Gasteiger partial charge in [-0.15, -0.1) is 0 Å². The van der Waals surface area contributed by atoms with Crippen LogP contribution in [0.15, 0.2) is 191 Å². The molecule has 56 heavy (non-hydrogen) atoms. The molecule has 2 heterocycles. The van der Waals surface area contributed by atoms with Gasteiger partial charge in [-0.3, -0.25) is 9.98 Å². The van der Waals surface area contributed by atoms with Crippen LogP contribution in [0, 0.1) is 0 Å². The lowest BCUT2D eigenvalue weighted by molar-refractivity contribution is 0.685. The summed E-state index contributed by atoms with van der Waals surface area (Å²) >= 11 is 0. The number of fused-ring (bicyclic) bond motifs is 4. The maximum Gasteiger partial charge on any atom is 0.116 e. The van der Waals surface area contributed by atoms with Crippen LogP contribution in [0.25, 0.3) is 33.7 Å². The maximum atomic E-state index is 4.98. The minimum atomic E-state index is 0.0471. The highest BCUT2D eigenvalue weighted by Crippen LogP contribution is 2.36. The van der Waals surface area contributed by atoms with Crippen LogP contribution >= 0.6 is 0 Å². The highest BCUT2D eigenvalue weighted by atomic mass is 15.3. The van der Waals surface area contributed by atoms with Crippen molar-refractivity contribution in [1.82, 2.24) is 0 Å². The zero-order chi connectivity index (χ0) is 37.6. The third-order valence-corrected chi connectivity index (χ3v) is 11.6. The monoisotopic (exact) mass is 726 g/mol. The number of hydrogen-bond donors (Lipinski definition) is 0. The predicted octanol–water partition coefficient (Wildman–Crippen LogP) is 10.5. The van der Waals surface area contributed by atoms with Crippen molar-refractivity contribution in [3.05, 3.63) is 192 Å². The highest BCUT2D eigenvalue weighted by molar-refractivity contribution is 5.95. The second kappa shape index (κ2) is 14.1. The molecule has 0 radical (unpaired) electrons. The molecule has 6 aromatic rings. The predicted molar refractivity (Wildman–Crippen MR) is 238 cm³/mol. The fourth-order valence-electron chi connectivity index (χ4n) is 8.48. The second-order valence-corrected chi connectivity index (χ2v) is 14.9. The molecule has 2 aliphatic carbocycles. The van der Waals surface area contributed by atoms with Crippen LogP contribution in [0.1, 0.15) is 11.1 Å². The molecule has 4 aliphatic rings. The fourth-order valence-corrected chi connectivity index (χ4v) is 8.48. The molecule has 4 atom stereocenters. The lowest BCUT2D eigenvalue weighted by Crippen LogP contribution is -2.40. The summed E-state index contributed by atoms with van der Waals surface area (Å²) in [6, 6.07) is 48.2. The number of allylic oxidation sites excluding steroid dienone is 4. The van der Waals surface area contributed by atoms with Crippen LogP contribution in [0.5, 0.6) is 0 Å². The number of likely N-dealkylation sites (N-methyl/N-ethyl adjacent to an activating group) is 2. The minimum absolute atomic E-state index is 0.0471. The first-order valence-corrected chi connectivity index (χ1v) is 19.3. The third kappa shape index (κ3) is 6.09. The molecule has 6 nitrogen and oxygen atoms in total. The Balaban J connectivity index is 0.818. The first kappa shape index (κ1) is 33.6. The number of rotatable bonds is 8. The van der Waals surface area contributed by atoms with Crippen molar-refractivity contribution in [2.75, 3.05) is 33.7 Å². The van der Waals surface area contributed by atoms with Gasteiger partial charge in [-0.1, -0.05) is 109 Å². The Morgan fingerprint density at radius 1 is 0.482 bits per heavy atom. The number of anilines is 4. The van der Waals surface area contributed by atoms with E-state index < -0.39 is 0 Å². The molecule has 0 amide bonds. The molecule has 0 bridgehead atoms. The number of nitrogens with zero attached hydrogens (tertiary/aromatic N) is 6. The van der Waals surface area contributed by atoms with E-state index in [1.165, 1.54) is 44.1 Å². The Labute approximate surface area is 328 Å². The molecular formula is C50H42N6. The van der Waals surface area contributed by atoms with E-state index in [2.05, 4.69) is 216 Å². The van der Waals surface area contributed by atoms with Gasteiger partial charge >= 0.3 is 0 Å². The quantitative estimate of drug-likeness (QED) is 0.146. The summed E-state index contributed by atoms with van der Waals surface area (Å²) in [5.41, 5.74) is 9.36. The average molecular weight is 727 g/mol. The van der Waals surface area contributed by atoms with Gasteiger partial charge in [0.25, 0.3) is 0 Å². The van der Waals surface area contributed by atoms with Gasteiger partial charge in [0.2, 0.25) is 0 Å². The van der Waals surface area contributed by atoms with Gasteiger partial charge in [0, 0.05) is 48.2 Å². The Morgan fingerprint density at radius 3 is 1.34 bits per heavy atom. The first-order valence-electron chi connectivity index (χ1n) is 19.3. The van der Waals surface area contributed by atoms with Gasteiger partial charge in [0.05, 0.1) is 24.8 Å². The Hall–Kier alpha value is -6.92. The Kier molecular flexibility index (Phi) is 8.44. The van der Waals surface area contributed by atoms with Gasteiger partial charge in [-0.2, -0.15) is 0 Å². The smallest absolute Gasteiger partial charge is 0.116 e. The second-order valence-electron chi connectivity index (χ2n) is 14.9. The zero-order valence-corrected chi connectivity index (χ0v) is 31.5. The van der Waals surface area contributed by atoms with E-state index >= 15 is 0 Å². The van der Waals surface area contributed by atoms with Crippen molar-refractivity contribution < 1.29 is 0 Å². The van der Waals surface area contributed by atoms with E-state index in [1.807, 2.05) is 12.7 Å². The average Bonchev–Trinajstić information content (AvgIpc) is 3.91. The maximum absolute atomic E-state index is 4.98. The number of para-hydroxylation sites is 2. The lowest BCUT2D eigenvalue weighted by Gasteiger charge is -2.33. The van der Waals surface area contributed by atoms with Gasteiger partial charge < -0.3 is 19.6 Å². The number of benzene rings is 6. The minimum Gasteiger partial charge on any atom is -0.346 e. The summed E-state index contributed by atoms with van der Waals surface area (Å²) in [5, 5.41) is 4.85. The molecule has 6 heteroatoms. The summed E-state index contributed by atoms with van der Waals surface area (Å²) in [6.45, 7) is 0. The van der Waals surface area contributed by atoms with Gasteiger partial charge in [-0.05, 0) is 105 Å². The van der Waals surface area contributed by atoms with Crippen LogP contribution in [0.3, 0.4) is 0 Å². The first-order chi connectivity index (χ1) is 27.6. The molecule has 0 aromatic heterocycles. The molecule has 6 aromatic carbocycles. The van der Waals surface area contributed by atoms with E-state index in [0.29, 0.717) is 0 Å². The molecule has 0 saturated heterocycles. The van der Waals surface area contributed by atoms with E-state index in [-0.39, 0.29) is 24.2 Å². The largest absolute Gasteiger partial charge is 0.346 e. The summed E-state index contributed by atoms with van der Waals surface area (Å²) in [6.07, 6.45) is 21.6. The van der Waals surface area contributed by atoms with Crippen molar-refractivity contribution in [2.24, 2.45) is 9.98 Å². The van der Waals surface area contributed by atoms with Gasteiger partial charge in [0.1, 0.15) is 12.1 Å². The zero-order valence-electron chi connectivity index (χ0n) is 31.5. The molecule has 2 aliphatic heterocycles. The van der Waals surface area contributed by atoms with Crippen molar-refractivity contribution in [2.45, 2.75) is 24.2 Å². The fraction of sp³-hybridized carbons (Fsp3) is 0.120. The van der Waals surface area contributed by atoms with E-state index in [1.54, 1.807) is 0 Å². The number of aliphatic imine (C=N–C) groups is 2. The Bertz CT molecular complexity index is 2480. The molecule has 10 rings (SSSR count). The number of hydrogen-bond acceptors (Lipinski definition) is 6. The van der Waals surface area contributed by atoms with Crippen LogP contribution in [-0.2, 0) is 0 Å². The topological polar surface area (TPSA) is 37.7 Å². The van der Waals surface area contributed by atoms with Crippen molar-refractivity contribution in [1.29, 1.82) is 0 Å². The van der Waals surface area contributed by atoms with Crippen LogP contribution in [0.2, 0.25) is 0 Å². The SMILES string of the molecule is CN(C1=CC=CC2C1N=CN2c1ccc2cc(/C=C/c3ccc4cc(N5C=NC6C(N(C)c7ccccc7)=CC=CC65)ccc4c3)ccc2c1)c1ccccc1. The molecular weight excluding hydrogens is 685 g/mol. The Morgan fingerprint density at radius 2 is 0.893 bits per heavy atom. The van der Waals surface area contributed by atoms with Crippen LogP contribution in [-0.4, -0.2) is 50.9 Å². The molecule has 0 spiro atoms.